The van der Waals surface area contributed by atoms with Gasteiger partial charge in [-0.1, -0.05) is 18.9 Å². The van der Waals surface area contributed by atoms with E-state index in [1.165, 1.54) is 18.2 Å². The van der Waals surface area contributed by atoms with Gasteiger partial charge in [0.25, 0.3) is 0 Å². The predicted octanol–water partition coefficient (Wildman–Crippen LogP) is 2.73. The highest BCUT2D eigenvalue weighted by atomic mass is 19.1. The second-order valence-electron chi connectivity index (χ2n) is 7.75. The first kappa shape index (κ1) is 19.7. The van der Waals surface area contributed by atoms with Crippen molar-refractivity contribution < 1.29 is 23.5 Å². The van der Waals surface area contributed by atoms with Crippen LogP contribution in [0.4, 0.5) is 8.78 Å². The molecule has 2 N–H and O–H groups in total. The van der Waals surface area contributed by atoms with Crippen molar-refractivity contribution in [3.63, 3.8) is 0 Å². The molecule has 148 valence electrons. The number of nitrogens with zero attached hydrogens (tertiary/aromatic N) is 1. The van der Waals surface area contributed by atoms with Gasteiger partial charge in [0, 0.05) is 17.6 Å². The minimum atomic E-state index is -0.890. The molecule has 0 spiro atoms. The van der Waals surface area contributed by atoms with E-state index >= 15 is 0 Å². The number of halogens is 2. The summed E-state index contributed by atoms with van der Waals surface area (Å²) in [5.74, 6) is -2.13. The number of hydrogen-bond donors (Lipinski definition) is 2. The fraction of sp³-hybridized carbons (Fsp3) is 0.600. The summed E-state index contributed by atoms with van der Waals surface area (Å²) in [4.78, 5) is 25.9. The first-order valence-corrected chi connectivity index (χ1v) is 9.57. The Labute approximate surface area is 157 Å². The van der Waals surface area contributed by atoms with Gasteiger partial charge in [0.2, 0.25) is 5.91 Å². The Balaban J connectivity index is 1.61. The van der Waals surface area contributed by atoms with E-state index in [0.29, 0.717) is 12.3 Å². The molecule has 3 rings (SSSR count). The van der Waals surface area contributed by atoms with Gasteiger partial charge in [-0.2, -0.15) is 0 Å². The Hall–Kier alpha value is -2.02. The molecule has 7 heteroatoms. The highest BCUT2D eigenvalue weighted by molar-refractivity contribution is 5.80. The fourth-order valence-electron chi connectivity index (χ4n) is 4.59. The fourth-order valence-corrected chi connectivity index (χ4v) is 4.59. The lowest BCUT2D eigenvalue weighted by atomic mass is 9.85. The van der Waals surface area contributed by atoms with Crippen LogP contribution in [0.25, 0.3) is 0 Å². The van der Waals surface area contributed by atoms with Gasteiger partial charge in [0.1, 0.15) is 17.7 Å². The molecule has 0 aromatic heterocycles. The van der Waals surface area contributed by atoms with Crippen LogP contribution in [-0.4, -0.2) is 46.6 Å². The Morgan fingerprint density at radius 1 is 1.26 bits per heavy atom. The molecule has 1 aromatic rings. The Morgan fingerprint density at radius 2 is 1.93 bits per heavy atom. The molecule has 27 heavy (non-hydrogen) atoms. The number of amides is 1. The van der Waals surface area contributed by atoms with Crippen molar-refractivity contribution in [3.8, 4) is 0 Å². The summed E-state index contributed by atoms with van der Waals surface area (Å²) in [5.41, 5.74) is -0.0535. The van der Waals surface area contributed by atoms with E-state index in [9.17, 15) is 23.5 Å². The number of carboxylic acid groups (broad SMARTS) is 1. The molecular weight excluding hydrogens is 354 g/mol. The van der Waals surface area contributed by atoms with Crippen LogP contribution >= 0.6 is 0 Å². The minimum Gasteiger partial charge on any atom is -0.480 e. The zero-order chi connectivity index (χ0) is 19.6. The minimum absolute atomic E-state index is 0.00221. The zero-order valence-corrected chi connectivity index (χ0v) is 15.5. The average molecular weight is 380 g/mol. The number of carbonyl (C=O) groups is 2. The van der Waals surface area contributed by atoms with Gasteiger partial charge in [-0.05, 0) is 50.7 Å². The van der Waals surface area contributed by atoms with Crippen molar-refractivity contribution in [2.45, 2.75) is 63.6 Å². The third-order valence-corrected chi connectivity index (χ3v) is 5.81. The molecule has 1 aliphatic carbocycles. The maximum absolute atomic E-state index is 13.8. The number of likely N-dealkylation sites (tertiary alicyclic amines) is 1. The molecule has 0 bridgehead atoms. The van der Waals surface area contributed by atoms with Crippen molar-refractivity contribution >= 4 is 11.9 Å². The molecule has 1 aliphatic heterocycles. The summed E-state index contributed by atoms with van der Waals surface area (Å²) in [6, 6.07) is 2.72. The maximum Gasteiger partial charge on any atom is 0.320 e. The van der Waals surface area contributed by atoms with E-state index in [1.54, 1.807) is 11.8 Å². The monoisotopic (exact) mass is 380 g/mol. The number of aliphatic carboxylic acids is 1. The number of nitrogens with one attached hydrogen (secondary N) is 1. The second-order valence-corrected chi connectivity index (χ2v) is 7.75. The van der Waals surface area contributed by atoms with Gasteiger partial charge in [-0.3, -0.25) is 14.5 Å². The van der Waals surface area contributed by atoms with E-state index in [0.717, 1.165) is 25.7 Å². The smallest absolute Gasteiger partial charge is 0.320 e. The number of rotatable bonds is 6. The molecule has 1 saturated heterocycles. The summed E-state index contributed by atoms with van der Waals surface area (Å²) in [7, 11) is 0. The van der Waals surface area contributed by atoms with Crippen LogP contribution in [0.2, 0.25) is 0 Å². The lowest BCUT2D eigenvalue weighted by Crippen LogP contribution is -2.49. The van der Waals surface area contributed by atoms with Gasteiger partial charge in [-0.15, -0.1) is 0 Å². The van der Waals surface area contributed by atoms with Crippen LogP contribution < -0.4 is 5.32 Å². The third kappa shape index (κ3) is 4.46. The Morgan fingerprint density at radius 3 is 2.59 bits per heavy atom. The third-order valence-electron chi connectivity index (χ3n) is 5.81. The van der Waals surface area contributed by atoms with Gasteiger partial charge in [-0.25, -0.2) is 8.78 Å². The normalized spacial score (nSPS) is 26.4. The largest absolute Gasteiger partial charge is 0.480 e. The molecule has 1 aromatic carbocycles. The molecule has 0 radical (unpaired) electrons. The van der Waals surface area contributed by atoms with E-state index in [1.807, 2.05) is 0 Å². The van der Waals surface area contributed by atoms with Crippen LogP contribution in [0.15, 0.2) is 18.2 Å². The molecule has 4 atom stereocenters. The molecule has 1 saturated carbocycles. The predicted molar refractivity (Wildman–Crippen MR) is 96.2 cm³/mol. The topological polar surface area (TPSA) is 69.6 Å². The lowest BCUT2D eigenvalue weighted by molar-refractivity contribution is -0.143. The number of carboxylic acids is 1. The van der Waals surface area contributed by atoms with Crippen molar-refractivity contribution in [3.05, 3.63) is 35.4 Å². The first-order chi connectivity index (χ1) is 12.9. The lowest BCUT2D eigenvalue weighted by Gasteiger charge is -2.32. The van der Waals surface area contributed by atoms with Crippen molar-refractivity contribution in [1.29, 1.82) is 0 Å². The van der Waals surface area contributed by atoms with E-state index in [4.69, 9.17) is 0 Å². The summed E-state index contributed by atoms with van der Waals surface area (Å²) in [6.45, 7) is 1.69. The quantitative estimate of drug-likeness (QED) is 0.796. The first-order valence-electron chi connectivity index (χ1n) is 9.57. The molecular formula is C20H26F2N2O3. The van der Waals surface area contributed by atoms with E-state index in [2.05, 4.69) is 5.32 Å². The van der Waals surface area contributed by atoms with Gasteiger partial charge >= 0.3 is 5.97 Å². The summed E-state index contributed by atoms with van der Waals surface area (Å²) >= 11 is 0. The van der Waals surface area contributed by atoms with Crippen LogP contribution in [-0.2, 0) is 16.0 Å². The molecule has 5 nitrogen and oxygen atoms in total. The van der Waals surface area contributed by atoms with E-state index in [-0.39, 0.29) is 30.5 Å². The highest BCUT2D eigenvalue weighted by Gasteiger charge is 2.45. The van der Waals surface area contributed by atoms with Crippen LogP contribution in [0.1, 0.15) is 44.6 Å². The summed E-state index contributed by atoms with van der Waals surface area (Å²) < 4.78 is 27.6. The molecule has 1 amide bonds. The number of carbonyl (C=O) groups excluding carboxylic acids is 1. The second kappa shape index (κ2) is 8.33. The summed E-state index contributed by atoms with van der Waals surface area (Å²) in [6.07, 6.45) is 4.71. The van der Waals surface area contributed by atoms with Crippen LogP contribution in [0.5, 0.6) is 0 Å². The molecule has 4 unspecified atom stereocenters. The van der Waals surface area contributed by atoms with E-state index < -0.39 is 29.7 Å². The van der Waals surface area contributed by atoms with Crippen LogP contribution in [0.3, 0.4) is 0 Å². The van der Waals surface area contributed by atoms with Crippen molar-refractivity contribution in [2.75, 3.05) is 6.54 Å². The number of benzene rings is 1. The standard InChI is InChI=1S/C20H26F2N2O3/c1-12(9-14-15(21)6-4-7-16(14)22)23-19(25)11-24-17-8-3-2-5-13(17)10-18(24)20(26)27/h4,6-7,12-13,17-18H,2-3,5,8-11H2,1H3,(H,23,25)(H,26,27). The van der Waals surface area contributed by atoms with Crippen molar-refractivity contribution in [1.82, 2.24) is 10.2 Å². The number of fused-ring (bicyclic) bond motifs is 1. The molecule has 2 fully saturated rings. The number of hydrogen-bond acceptors (Lipinski definition) is 3. The molecule has 1 heterocycles. The van der Waals surface area contributed by atoms with Gasteiger partial charge < -0.3 is 10.4 Å². The summed E-state index contributed by atoms with van der Waals surface area (Å²) in [5, 5.41) is 12.3. The highest BCUT2D eigenvalue weighted by Crippen LogP contribution is 2.39. The average Bonchev–Trinajstić information content (AvgIpc) is 2.97. The van der Waals surface area contributed by atoms with Gasteiger partial charge in [0.05, 0.1) is 6.54 Å². The van der Waals surface area contributed by atoms with Crippen molar-refractivity contribution in [2.24, 2.45) is 5.92 Å². The van der Waals surface area contributed by atoms with Crippen LogP contribution in [0, 0.1) is 17.6 Å². The SMILES string of the molecule is CC(Cc1c(F)cccc1F)NC(=O)CN1C(C(=O)O)CC2CCCCC21. The Bertz CT molecular complexity index is 692. The maximum atomic E-state index is 13.8. The zero-order valence-electron chi connectivity index (χ0n) is 15.5. The Kier molecular flexibility index (Phi) is 6.09. The molecule has 2 aliphatic rings. The van der Waals surface area contributed by atoms with Gasteiger partial charge in [0.15, 0.2) is 0 Å².